The monoisotopic (exact) mass is 255 g/mol. The Morgan fingerprint density at radius 1 is 1.28 bits per heavy atom. The third-order valence-corrected chi connectivity index (χ3v) is 2.40. The second kappa shape index (κ2) is 7.93. The number of benzene rings is 1. The van der Waals surface area contributed by atoms with E-state index in [-0.39, 0.29) is 12.7 Å². The zero-order chi connectivity index (χ0) is 13.4. The van der Waals surface area contributed by atoms with Gasteiger partial charge in [0.2, 0.25) is 0 Å². The smallest absolute Gasteiger partial charge is 0.161 e. The van der Waals surface area contributed by atoms with E-state index in [1.165, 1.54) is 0 Å². The van der Waals surface area contributed by atoms with Crippen molar-refractivity contribution in [2.24, 2.45) is 5.73 Å². The molecular weight excluding hydrogens is 233 g/mol. The first-order valence-corrected chi connectivity index (χ1v) is 6.37. The van der Waals surface area contributed by atoms with Crippen molar-refractivity contribution in [2.75, 3.05) is 19.9 Å². The molecule has 0 aliphatic carbocycles. The van der Waals surface area contributed by atoms with Gasteiger partial charge in [-0.3, -0.25) is 4.39 Å². The lowest BCUT2D eigenvalue weighted by Gasteiger charge is -2.14. The summed E-state index contributed by atoms with van der Waals surface area (Å²) in [4.78, 5) is 0. The van der Waals surface area contributed by atoms with Gasteiger partial charge in [-0.05, 0) is 38.0 Å². The van der Waals surface area contributed by atoms with Crippen LogP contribution in [0.3, 0.4) is 0 Å². The van der Waals surface area contributed by atoms with Crippen LogP contribution in [0.2, 0.25) is 0 Å². The van der Waals surface area contributed by atoms with Crippen molar-refractivity contribution in [3.05, 3.63) is 23.8 Å². The summed E-state index contributed by atoms with van der Waals surface area (Å²) in [5, 5.41) is 0. The Kier molecular flexibility index (Phi) is 6.50. The largest absolute Gasteiger partial charge is 0.490 e. The molecular formula is C14H22FNO2. The predicted octanol–water partition coefficient (Wildman–Crippen LogP) is 2.71. The molecule has 1 rings (SSSR count). The van der Waals surface area contributed by atoms with Gasteiger partial charge in [-0.25, -0.2) is 0 Å². The Bertz CT molecular complexity index is 356. The van der Waals surface area contributed by atoms with Gasteiger partial charge in [-0.2, -0.15) is 0 Å². The van der Waals surface area contributed by atoms with Crippen molar-refractivity contribution in [3.8, 4) is 11.5 Å². The van der Waals surface area contributed by atoms with Gasteiger partial charge in [-0.15, -0.1) is 0 Å². The van der Waals surface area contributed by atoms with E-state index >= 15 is 0 Å². The highest BCUT2D eigenvalue weighted by molar-refractivity contribution is 5.43. The molecule has 1 aromatic carbocycles. The van der Waals surface area contributed by atoms with Crippen LogP contribution in [0.1, 0.15) is 25.8 Å². The van der Waals surface area contributed by atoms with Crippen LogP contribution in [0, 0.1) is 0 Å². The molecule has 0 radical (unpaired) electrons. The van der Waals surface area contributed by atoms with Gasteiger partial charge < -0.3 is 15.2 Å². The summed E-state index contributed by atoms with van der Waals surface area (Å²) in [5.41, 5.74) is 6.89. The van der Waals surface area contributed by atoms with E-state index in [0.29, 0.717) is 31.1 Å². The van der Waals surface area contributed by atoms with Gasteiger partial charge in [0, 0.05) is 12.5 Å². The number of rotatable bonds is 8. The van der Waals surface area contributed by atoms with E-state index in [2.05, 4.69) is 0 Å². The third-order valence-electron chi connectivity index (χ3n) is 2.40. The quantitative estimate of drug-likeness (QED) is 0.726. The lowest BCUT2D eigenvalue weighted by Crippen LogP contribution is -2.17. The summed E-state index contributed by atoms with van der Waals surface area (Å²) >= 11 is 0. The van der Waals surface area contributed by atoms with Crippen LogP contribution in [-0.4, -0.2) is 25.9 Å². The summed E-state index contributed by atoms with van der Waals surface area (Å²) in [6.07, 6.45) is 1.19. The average molecular weight is 255 g/mol. The number of ether oxygens (including phenoxy) is 2. The molecule has 0 aliphatic rings. The van der Waals surface area contributed by atoms with Crippen LogP contribution in [-0.2, 0) is 6.42 Å². The zero-order valence-corrected chi connectivity index (χ0v) is 11.1. The van der Waals surface area contributed by atoms with Crippen molar-refractivity contribution in [1.82, 2.24) is 0 Å². The molecule has 1 aromatic rings. The molecule has 2 N–H and O–H groups in total. The minimum atomic E-state index is -0.368. The fourth-order valence-corrected chi connectivity index (χ4v) is 1.68. The highest BCUT2D eigenvalue weighted by Crippen LogP contribution is 2.29. The molecule has 0 heterocycles. The van der Waals surface area contributed by atoms with Crippen molar-refractivity contribution in [2.45, 2.75) is 32.7 Å². The number of nitrogens with two attached hydrogens (primary N) is 1. The first-order chi connectivity index (χ1) is 8.67. The molecule has 1 unspecified atom stereocenters. The van der Waals surface area contributed by atoms with Crippen molar-refractivity contribution in [1.29, 1.82) is 0 Å². The summed E-state index contributed by atoms with van der Waals surface area (Å²) in [7, 11) is 0. The van der Waals surface area contributed by atoms with Gasteiger partial charge >= 0.3 is 0 Å². The maximum Gasteiger partial charge on any atom is 0.161 e. The summed E-state index contributed by atoms with van der Waals surface area (Å²) in [6, 6.07) is 5.88. The molecule has 0 fully saturated rings. The van der Waals surface area contributed by atoms with Gasteiger partial charge in [0.1, 0.15) is 0 Å². The maximum atomic E-state index is 12.0. The second-order valence-electron chi connectivity index (χ2n) is 4.29. The third kappa shape index (κ3) is 4.92. The Morgan fingerprint density at radius 2 is 2.06 bits per heavy atom. The van der Waals surface area contributed by atoms with Crippen molar-refractivity contribution < 1.29 is 13.9 Å². The molecule has 0 aliphatic heterocycles. The molecule has 102 valence electrons. The Balaban J connectivity index is 2.75. The second-order valence-corrected chi connectivity index (χ2v) is 4.29. The fraction of sp³-hybridized carbons (Fsp3) is 0.571. The molecule has 4 heteroatoms. The highest BCUT2D eigenvalue weighted by Gasteiger charge is 2.07. The van der Waals surface area contributed by atoms with E-state index < -0.39 is 0 Å². The van der Waals surface area contributed by atoms with Crippen LogP contribution in [0.15, 0.2) is 18.2 Å². The standard InChI is InChI=1S/C14H22FNO2/c1-3-17-14-10-12(9-11(2)16)5-6-13(14)18-8-4-7-15/h5-6,10-11H,3-4,7-9,16H2,1-2H3. The molecule has 0 spiro atoms. The Hall–Kier alpha value is -1.29. The Morgan fingerprint density at radius 3 is 2.67 bits per heavy atom. The van der Waals surface area contributed by atoms with Crippen molar-refractivity contribution >= 4 is 0 Å². The van der Waals surface area contributed by atoms with Crippen LogP contribution in [0.4, 0.5) is 4.39 Å². The molecule has 0 bridgehead atoms. The lowest BCUT2D eigenvalue weighted by molar-refractivity contribution is 0.262. The molecule has 0 amide bonds. The van der Waals surface area contributed by atoms with E-state index in [1.54, 1.807) is 0 Å². The van der Waals surface area contributed by atoms with E-state index in [0.717, 1.165) is 12.0 Å². The first-order valence-electron chi connectivity index (χ1n) is 6.37. The van der Waals surface area contributed by atoms with Crippen LogP contribution in [0.5, 0.6) is 11.5 Å². The normalized spacial score (nSPS) is 12.2. The van der Waals surface area contributed by atoms with E-state index in [4.69, 9.17) is 15.2 Å². The van der Waals surface area contributed by atoms with Gasteiger partial charge in [0.05, 0.1) is 19.9 Å². The highest BCUT2D eigenvalue weighted by atomic mass is 19.1. The Labute approximate surface area is 108 Å². The summed E-state index contributed by atoms with van der Waals surface area (Å²) in [6.45, 7) is 4.45. The maximum absolute atomic E-state index is 12.0. The summed E-state index contributed by atoms with van der Waals surface area (Å²) in [5.74, 6) is 1.37. The molecule has 0 aromatic heterocycles. The molecule has 0 saturated heterocycles. The minimum absolute atomic E-state index is 0.109. The van der Waals surface area contributed by atoms with Gasteiger partial charge in [0.25, 0.3) is 0 Å². The number of hydrogen-bond donors (Lipinski definition) is 1. The van der Waals surface area contributed by atoms with E-state index in [9.17, 15) is 4.39 Å². The SMILES string of the molecule is CCOc1cc(CC(C)N)ccc1OCCCF. The van der Waals surface area contributed by atoms with Gasteiger partial charge in [0.15, 0.2) is 11.5 Å². The van der Waals surface area contributed by atoms with E-state index in [1.807, 2.05) is 32.0 Å². The van der Waals surface area contributed by atoms with Gasteiger partial charge in [-0.1, -0.05) is 6.07 Å². The topological polar surface area (TPSA) is 44.5 Å². The molecule has 1 atom stereocenters. The molecule has 3 nitrogen and oxygen atoms in total. The van der Waals surface area contributed by atoms with Crippen LogP contribution < -0.4 is 15.2 Å². The number of alkyl halides is 1. The molecule has 0 saturated carbocycles. The first kappa shape index (κ1) is 14.8. The lowest BCUT2D eigenvalue weighted by atomic mass is 10.1. The predicted molar refractivity (Wildman–Crippen MR) is 71.1 cm³/mol. The average Bonchev–Trinajstić information content (AvgIpc) is 2.32. The molecule has 18 heavy (non-hydrogen) atoms. The van der Waals surface area contributed by atoms with Crippen molar-refractivity contribution in [3.63, 3.8) is 0 Å². The fourth-order valence-electron chi connectivity index (χ4n) is 1.68. The minimum Gasteiger partial charge on any atom is -0.490 e. The number of hydrogen-bond acceptors (Lipinski definition) is 3. The number of halogens is 1. The summed E-state index contributed by atoms with van der Waals surface area (Å²) < 4.78 is 23.1. The van der Waals surface area contributed by atoms with Crippen LogP contribution in [0.25, 0.3) is 0 Å². The zero-order valence-electron chi connectivity index (χ0n) is 11.1. The van der Waals surface area contributed by atoms with Crippen LogP contribution >= 0.6 is 0 Å².